The Bertz CT molecular complexity index is 525. The van der Waals surface area contributed by atoms with Gasteiger partial charge >= 0.3 is 5.97 Å². The minimum Gasteiger partial charge on any atom is -0.426 e. The van der Waals surface area contributed by atoms with Gasteiger partial charge in [-0.3, -0.25) is 4.79 Å². The van der Waals surface area contributed by atoms with Gasteiger partial charge in [-0.15, -0.1) is 0 Å². The molecule has 0 aliphatic heterocycles. The molecule has 0 saturated heterocycles. The van der Waals surface area contributed by atoms with E-state index in [-0.39, 0.29) is 11.9 Å². The van der Waals surface area contributed by atoms with Gasteiger partial charge in [0.05, 0.1) is 5.92 Å². The number of ether oxygens (including phenoxy) is 1. The quantitative estimate of drug-likeness (QED) is 0.187. The van der Waals surface area contributed by atoms with Crippen LogP contribution in [0.25, 0.3) is 0 Å². The molecule has 0 spiro atoms. The molecular formula is C21H30F2O2S. The molecule has 0 N–H and O–H groups in total. The van der Waals surface area contributed by atoms with Crippen molar-refractivity contribution in [2.75, 3.05) is 0 Å². The van der Waals surface area contributed by atoms with Crippen LogP contribution in [-0.4, -0.2) is 11.7 Å². The maximum Gasteiger partial charge on any atom is 0.314 e. The maximum absolute atomic E-state index is 12.3. The molecule has 1 fully saturated rings. The third-order valence-electron chi connectivity index (χ3n) is 5.16. The number of hydrogen-bond donors (Lipinski definition) is 0. The van der Waals surface area contributed by atoms with Crippen molar-refractivity contribution in [3.05, 3.63) is 24.3 Å². The number of alkyl halides is 2. The van der Waals surface area contributed by atoms with Crippen LogP contribution < -0.4 is 4.74 Å². The van der Waals surface area contributed by atoms with E-state index in [1.54, 1.807) is 24.3 Å². The van der Waals surface area contributed by atoms with Crippen molar-refractivity contribution in [2.45, 2.75) is 81.8 Å². The van der Waals surface area contributed by atoms with Crippen LogP contribution in [0.5, 0.6) is 5.75 Å². The molecule has 1 aliphatic carbocycles. The third-order valence-corrected chi connectivity index (χ3v) is 5.89. The first-order valence-electron chi connectivity index (χ1n) is 9.85. The predicted molar refractivity (Wildman–Crippen MR) is 103 cm³/mol. The molecule has 1 aliphatic rings. The predicted octanol–water partition coefficient (Wildman–Crippen LogP) is 7.07. The monoisotopic (exact) mass is 384 g/mol. The molecule has 0 aromatic heterocycles. The number of benzene rings is 1. The molecule has 0 heterocycles. The third kappa shape index (κ3) is 7.65. The summed E-state index contributed by atoms with van der Waals surface area (Å²) < 4.78 is 30.1. The summed E-state index contributed by atoms with van der Waals surface area (Å²) in [7, 11) is 0. The van der Waals surface area contributed by atoms with Crippen molar-refractivity contribution in [1.82, 2.24) is 0 Å². The Balaban J connectivity index is 1.68. The van der Waals surface area contributed by atoms with Crippen LogP contribution >= 0.6 is 11.8 Å². The number of thioether (sulfide) groups is 1. The van der Waals surface area contributed by atoms with Gasteiger partial charge in [0.1, 0.15) is 5.75 Å². The number of hydrogen-bond acceptors (Lipinski definition) is 3. The summed E-state index contributed by atoms with van der Waals surface area (Å²) in [5.41, 5.74) is 0. The van der Waals surface area contributed by atoms with E-state index in [2.05, 4.69) is 6.92 Å². The van der Waals surface area contributed by atoms with Crippen molar-refractivity contribution in [2.24, 2.45) is 11.8 Å². The smallest absolute Gasteiger partial charge is 0.314 e. The lowest BCUT2D eigenvalue weighted by atomic mass is 9.80. The van der Waals surface area contributed by atoms with Gasteiger partial charge < -0.3 is 4.74 Å². The van der Waals surface area contributed by atoms with E-state index in [9.17, 15) is 13.6 Å². The molecule has 26 heavy (non-hydrogen) atoms. The van der Waals surface area contributed by atoms with Crippen LogP contribution in [0.3, 0.4) is 0 Å². The highest BCUT2D eigenvalue weighted by atomic mass is 32.2. The highest BCUT2D eigenvalue weighted by Gasteiger charge is 2.27. The summed E-state index contributed by atoms with van der Waals surface area (Å²) in [5, 5.41) is 0. The van der Waals surface area contributed by atoms with Gasteiger partial charge in [-0.1, -0.05) is 57.2 Å². The molecule has 0 atom stereocenters. The van der Waals surface area contributed by atoms with Gasteiger partial charge in [-0.05, 0) is 55.9 Å². The van der Waals surface area contributed by atoms with Crippen molar-refractivity contribution in [3.63, 3.8) is 0 Å². The number of carbonyl (C=O) groups excluding carboxylic acids is 1. The Hall–Kier alpha value is -1.10. The fourth-order valence-electron chi connectivity index (χ4n) is 3.61. The first-order valence-corrected chi connectivity index (χ1v) is 10.7. The van der Waals surface area contributed by atoms with Crippen molar-refractivity contribution in [3.8, 4) is 5.75 Å². The van der Waals surface area contributed by atoms with Crippen molar-refractivity contribution in [1.29, 1.82) is 0 Å². The fourth-order valence-corrected chi connectivity index (χ4v) is 4.11. The summed E-state index contributed by atoms with van der Waals surface area (Å²) >= 11 is 0.491. The molecule has 0 bridgehead atoms. The van der Waals surface area contributed by atoms with E-state index in [1.807, 2.05) is 0 Å². The Labute approximate surface area is 160 Å². The van der Waals surface area contributed by atoms with Crippen LogP contribution in [0.4, 0.5) is 8.78 Å². The minimum atomic E-state index is -2.44. The van der Waals surface area contributed by atoms with E-state index in [4.69, 9.17) is 4.74 Å². The van der Waals surface area contributed by atoms with Gasteiger partial charge in [0.2, 0.25) is 0 Å². The summed E-state index contributed by atoms with van der Waals surface area (Å²) in [5.74, 6) is -1.45. The molecule has 1 aromatic rings. The zero-order chi connectivity index (χ0) is 18.8. The van der Waals surface area contributed by atoms with Crippen LogP contribution in [0.15, 0.2) is 29.2 Å². The minimum absolute atomic E-state index is 0.0264. The summed E-state index contributed by atoms with van der Waals surface area (Å²) in [6, 6.07) is 6.30. The number of esters is 1. The Kier molecular flexibility index (Phi) is 9.44. The first-order chi connectivity index (χ1) is 12.6. The van der Waals surface area contributed by atoms with Gasteiger partial charge in [0.15, 0.2) is 0 Å². The van der Waals surface area contributed by atoms with Crippen molar-refractivity contribution >= 4 is 17.7 Å². The number of carbonyl (C=O) groups is 1. The van der Waals surface area contributed by atoms with E-state index < -0.39 is 5.76 Å². The van der Waals surface area contributed by atoms with E-state index in [0.29, 0.717) is 22.4 Å². The van der Waals surface area contributed by atoms with Crippen molar-refractivity contribution < 1.29 is 18.3 Å². The van der Waals surface area contributed by atoms with Crippen LogP contribution in [0.2, 0.25) is 0 Å². The van der Waals surface area contributed by atoms with Gasteiger partial charge in [-0.2, -0.15) is 8.78 Å². The highest BCUT2D eigenvalue weighted by Crippen LogP contribution is 2.33. The van der Waals surface area contributed by atoms with Crippen LogP contribution in [0, 0.1) is 11.8 Å². The Morgan fingerprint density at radius 2 is 1.73 bits per heavy atom. The van der Waals surface area contributed by atoms with Crippen LogP contribution in [-0.2, 0) is 4.79 Å². The molecule has 5 heteroatoms. The normalized spacial score (nSPS) is 20.3. The highest BCUT2D eigenvalue weighted by molar-refractivity contribution is 7.99. The second kappa shape index (κ2) is 11.6. The zero-order valence-corrected chi connectivity index (χ0v) is 16.4. The summed E-state index contributed by atoms with van der Waals surface area (Å²) in [4.78, 5) is 12.8. The first kappa shape index (κ1) is 21.2. The molecular weight excluding hydrogens is 354 g/mol. The lowest BCUT2D eigenvalue weighted by molar-refractivity contribution is -0.140. The van der Waals surface area contributed by atoms with E-state index >= 15 is 0 Å². The summed E-state index contributed by atoms with van der Waals surface area (Å²) in [6.07, 6.45) is 11.9. The molecule has 0 unspecified atom stereocenters. The summed E-state index contributed by atoms with van der Waals surface area (Å²) in [6.45, 7) is 2.23. The van der Waals surface area contributed by atoms with E-state index in [0.717, 1.165) is 31.6 Å². The largest absolute Gasteiger partial charge is 0.426 e. The topological polar surface area (TPSA) is 26.3 Å². The van der Waals surface area contributed by atoms with Gasteiger partial charge in [0, 0.05) is 4.90 Å². The molecule has 1 aromatic carbocycles. The number of rotatable bonds is 10. The van der Waals surface area contributed by atoms with E-state index in [1.165, 1.54) is 38.5 Å². The van der Waals surface area contributed by atoms with Crippen LogP contribution in [0.1, 0.15) is 71.1 Å². The Morgan fingerprint density at radius 3 is 2.35 bits per heavy atom. The molecule has 2 nitrogen and oxygen atoms in total. The Morgan fingerprint density at radius 1 is 1.08 bits per heavy atom. The average Bonchev–Trinajstić information content (AvgIpc) is 2.63. The SMILES string of the molecule is CCCCCCC[C@H]1CC[C@H](C(=O)Oc2ccc(SC(F)F)cc2)CC1. The average molecular weight is 385 g/mol. The zero-order valence-electron chi connectivity index (χ0n) is 15.6. The van der Waals surface area contributed by atoms with Gasteiger partial charge in [0.25, 0.3) is 5.76 Å². The maximum atomic E-state index is 12.3. The lowest BCUT2D eigenvalue weighted by Gasteiger charge is -2.27. The molecule has 1 saturated carbocycles. The lowest BCUT2D eigenvalue weighted by Crippen LogP contribution is -2.25. The molecule has 146 valence electrons. The second-order valence-corrected chi connectivity index (χ2v) is 8.25. The fraction of sp³-hybridized carbons (Fsp3) is 0.667. The molecule has 0 radical (unpaired) electrons. The number of halogens is 2. The van der Waals surface area contributed by atoms with Gasteiger partial charge in [-0.25, -0.2) is 0 Å². The molecule has 2 rings (SSSR count). The number of unbranched alkanes of at least 4 members (excludes halogenated alkanes) is 4. The molecule has 0 amide bonds. The standard InChI is InChI=1S/C21H30F2O2S/c1-2-3-4-5-6-7-16-8-10-17(11-9-16)20(24)25-18-12-14-19(15-13-18)26-21(22)23/h12-17,21H,2-11H2,1H3/t16-,17-. The second-order valence-electron chi connectivity index (χ2n) is 7.19.